The van der Waals surface area contributed by atoms with Crippen LogP contribution in [0.3, 0.4) is 0 Å². The van der Waals surface area contributed by atoms with Gasteiger partial charge in [-0.3, -0.25) is 9.10 Å². The van der Waals surface area contributed by atoms with E-state index in [4.69, 9.17) is 0 Å². The molecule has 1 N–H and O–H groups in total. The van der Waals surface area contributed by atoms with Crippen molar-refractivity contribution >= 4 is 39.1 Å². The zero-order valence-corrected chi connectivity index (χ0v) is 22.3. The quantitative estimate of drug-likeness (QED) is 0.394. The molecular formula is C26H35N3O3S2. The number of carbonyl (C=O) groups excluding carboxylic acids is 1. The fraction of sp³-hybridized carbons (Fsp3) is 0.462. The lowest BCUT2D eigenvalue weighted by atomic mass is 9.72. The van der Waals surface area contributed by atoms with Crippen LogP contribution in [-0.4, -0.2) is 32.8 Å². The first kappa shape index (κ1) is 26.3. The summed E-state index contributed by atoms with van der Waals surface area (Å²) in [6.45, 7) is 8.36. The van der Waals surface area contributed by atoms with E-state index in [2.05, 4.69) is 31.3 Å². The van der Waals surface area contributed by atoms with Crippen molar-refractivity contribution in [1.29, 1.82) is 0 Å². The molecule has 0 aromatic heterocycles. The highest BCUT2D eigenvalue weighted by Crippen LogP contribution is 2.36. The van der Waals surface area contributed by atoms with Crippen molar-refractivity contribution in [3.05, 3.63) is 54.1 Å². The number of aryl methyl sites for hydroxylation is 1. The van der Waals surface area contributed by atoms with Gasteiger partial charge in [0.05, 0.1) is 10.6 Å². The molecule has 0 unspecified atom stereocenters. The second-order valence-corrected chi connectivity index (χ2v) is 12.6. The first-order valence-corrected chi connectivity index (χ1v) is 14.2. The van der Waals surface area contributed by atoms with Gasteiger partial charge >= 0.3 is 0 Å². The summed E-state index contributed by atoms with van der Waals surface area (Å²) in [5.41, 5.74) is 5.28. The van der Waals surface area contributed by atoms with Gasteiger partial charge in [0, 0.05) is 10.6 Å². The number of carbonyl (C=O) groups is 1. The molecule has 8 heteroatoms. The molecule has 184 valence electrons. The molecule has 6 nitrogen and oxygen atoms in total. The van der Waals surface area contributed by atoms with Gasteiger partial charge in [-0.05, 0) is 86.6 Å². The van der Waals surface area contributed by atoms with Crippen LogP contribution in [0, 0.1) is 18.3 Å². The van der Waals surface area contributed by atoms with Gasteiger partial charge in [-0.1, -0.05) is 38.5 Å². The summed E-state index contributed by atoms with van der Waals surface area (Å²) in [5, 5.41) is 4.33. The van der Waals surface area contributed by atoms with Crippen molar-refractivity contribution in [2.24, 2.45) is 16.4 Å². The summed E-state index contributed by atoms with van der Waals surface area (Å²) in [4.78, 5) is 13.9. The number of amides is 1. The summed E-state index contributed by atoms with van der Waals surface area (Å²) < 4.78 is 28.1. The third-order valence-corrected chi connectivity index (χ3v) is 8.91. The van der Waals surface area contributed by atoms with E-state index in [0.29, 0.717) is 11.6 Å². The fourth-order valence-electron chi connectivity index (χ4n) is 4.14. The zero-order valence-electron chi connectivity index (χ0n) is 20.7. The van der Waals surface area contributed by atoms with E-state index in [1.165, 1.54) is 11.8 Å². The van der Waals surface area contributed by atoms with Crippen LogP contribution in [-0.2, 0) is 14.8 Å². The van der Waals surface area contributed by atoms with E-state index in [-0.39, 0.29) is 16.9 Å². The van der Waals surface area contributed by atoms with Gasteiger partial charge < -0.3 is 0 Å². The molecule has 2 aromatic rings. The smallest absolute Gasteiger partial charge is 0.264 e. The van der Waals surface area contributed by atoms with Crippen LogP contribution >= 0.6 is 11.8 Å². The van der Waals surface area contributed by atoms with Gasteiger partial charge in [0.1, 0.15) is 6.54 Å². The Labute approximate surface area is 208 Å². The lowest BCUT2D eigenvalue weighted by Gasteiger charge is -2.34. The SMILES string of the molecule is CSc1ccc(S(=O)(=O)N(CC(=O)NN=C2CCC(C(C)(C)C)CC2)c2ccc(C)cc2)cc1. The minimum atomic E-state index is -3.94. The highest BCUT2D eigenvalue weighted by molar-refractivity contribution is 7.98. The molecule has 1 aliphatic carbocycles. The van der Waals surface area contributed by atoms with Crippen LogP contribution in [0.4, 0.5) is 5.69 Å². The highest BCUT2D eigenvalue weighted by Gasteiger charge is 2.29. The highest BCUT2D eigenvalue weighted by atomic mass is 32.2. The second-order valence-electron chi connectivity index (χ2n) is 9.88. The number of thioether (sulfide) groups is 1. The van der Waals surface area contributed by atoms with Gasteiger partial charge in [-0.2, -0.15) is 5.10 Å². The van der Waals surface area contributed by atoms with Crippen molar-refractivity contribution in [1.82, 2.24) is 5.43 Å². The molecule has 0 bridgehead atoms. The normalized spacial score (nSPS) is 16.7. The third kappa shape index (κ3) is 6.63. The number of nitrogens with one attached hydrogen (secondary N) is 1. The lowest BCUT2D eigenvalue weighted by Crippen LogP contribution is -2.40. The van der Waals surface area contributed by atoms with Gasteiger partial charge in [-0.15, -0.1) is 11.8 Å². The number of nitrogens with zero attached hydrogens (tertiary/aromatic N) is 2. The molecule has 0 spiro atoms. The fourth-order valence-corrected chi connectivity index (χ4v) is 5.97. The van der Waals surface area contributed by atoms with Crippen LogP contribution in [0.5, 0.6) is 0 Å². The molecule has 1 amide bonds. The van der Waals surface area contributed by atoms with Gasteiger partial charge in [0.15, 0.2) is 0 Å². The average molecular weight is 502 g/mol. The van der Waals surface area contributed by atoms with Crippen LogP contribution in [0.25, 0.3) is 0 Å². The van der Waals surface area contributed by atoms with Gasteiger partial charge in [0.2, 0.25) is 0 Å². The molecule has 0 heterocycles. The molecule has 0 radical (unpaired) electrons. The first-order chi connectivity index (χ1) is 16.0. The van der Waals surface area contributed by atoms with Crippen molar-refractivity contribution < 1.29 is 13.2 Å². The van der Waals surface area contributed by atoms with Crippen molar-refractivity contribution in [3.8, 4) is 0 Å². The van der Waals surface area contributed by atoms with E-state index >= 15 is 0 Å². The molecule has 3 rings (SSSR count). The van der Waals surface area contributed by atoms with E-state index in [0.717, 1.165) is 46.2 Å². The molecule has 1 fully saturated rings. The molecule has 0 aliphatic heterocycles. The molecule has 0 atom stereocenters. The number of hydrogen-bond acceptors (Lipinski definition) is 5. The summed E-state index contributed by atoms with van der Waals surface area (Å²) >= 11 is 1.54. The Morgan fingerprint density at radius 2 is 1.65 bits per heavy atom. The summed E-state index contributed by atoms with van der Waals surface area (Å²) in [6, 6.07) is 13.8. The minimum absolute atomic E-state index is 0.144. The molecule has 0 saturated heterocycles. The first-order valence-electron chi connectivity index (χ1n) is 11.6. The van der Waals surface area contributed by atoms with Crippen LogP contribution in [0.15, 0.2) is 63.4 Å². The summed E-state index contributed by atoms with van der Waals surface area (Å²) in [6.07, 6.45) is 5.74. The Bertz CT molecular complexity index is 1110. The number of sulfonamides is 1. The van der Waals surface area contributed by atoms with Crippen molar-refractivity contribution in [2.75, 3.05) is 17.1 Å². The number of hydrazone groups is 1. The minimum Gasteiger partial charge on any atom is -0.271 e. The maximum atomic E-state index is 13.5. The van der Waals surface area contributed by atoms with E-state index < -0.39 is 15.9 Å². The number of hydrogen-bond donors (Lipinski definition) is 1. The van der Waals surface area contributed by atoms with Crippen molar-refractivity contribution in [3.63, 3.8) is 0 Å². The zero-order chi connectivity index (χ0) is 24.9. The number of rotatable bonds is 7. The standard InChI is InChI=1S/C26H35N3O3S2/c1-19-6-12-22(13-7-19)29(34(31,32)24-16-14-23(33-5)15-17-24)18-25(30)28-27-21-10-8-20(9-11-21)26(2,3)4/h6-7,12-17,20H,8-11,18H2,1-5H3,(H,28,30). The number of anilines is 1. The Hall–Kier alpha value is -2.32. The summed E-state index contributed by atoms with van der Waals surface area (Å²) in [7, 11) is -3.94. The van der Waals surface area contributed by atoms with Gasteiger partial charge in [-0.25, -0.2) is 13.8 Å². The van der Waals surface area contributed by atoms with Crippen LogP contribution < -0.4 is 9.73 Å². The topological polar surface area (TPSA) is 78.8 Å². The molecule has 2 aromatic carbocycles. The molecule has 34 heavy (non-hydrogen) atoms. The van der Waals surface area contributed by atoms with Gasteiger partial charge in [0.25, 0.3) is 15.9 Å². The lowest BCUT2D eigenvalue weighted by molar-refractivity contribution is -0.119. The summed E-state index contributed by atoms with van der Waals surface area (Å²) in [5.74, 6) is 0.178. The molecular weight excluding hydrogens is 466 g/mol. The maximum Gasteiger partial charge on any atom is 0.264 e. The third-order valence-electron chi connectivity index (χ3n) is 6.38. The Morgan fingerprint density at radius 1 is 1.06 bits per heavy atom. The largest absolute Gasteiger partial charge is 0.271 e. The monoisotopic (exact) mass is 501 g/mol. The molecule has 1 aliphatic rings. The van der Waals surface area contributed by atoms with Crippen LogP contribution in [0.1, 0.15) is 52.0 Å². The predicted octanol–water partition coefficient (Wildman–Crippen LogP) is 5.62. The average Bonchev–Trinajstić information content (AvgIpc) is 2.81. The number of benzene rings is 2. The molecule has 1 saturated carbocycles. The van der Waals surface area contributed by atoms with Crippen molar-refractivity contribution in [2.45, 2.75) is 63.2 Å². The second kappa shape index (κ2) is 11.0. The Morgan fingerprint density at radius 3 is 2.18 bits per heavy atom. The predicted molar refractivity (Wildman–Crippen MR) is 141 cm³/mol. The maximum absolute atomic E-state index is 13.5. The van der Waals surface area contributed by atoms with E-state index in [9.17, 15) is 13.2 Å². The van der Waals surface area contributed by atoms with E-state index in [1.54, 1.807) is 36.4 Å². The van der Waals surface area contributed by atoms with E-state index in [1.807, 2.05) is 25.3 Å². The Balaban J connectivity index is 1.77. The van der Waals surface area contributed by atoms with Crippen LogP contribution in [0.2, 0.25) is 0 Å². The Kier molecular flexibility index (Phi) is 8.47.